The van der Waals surface area contributed by atoms with E-state index in [1.165, 1.54) is 25.7 Å². The molecule has 0 spiro atoms. The number of aliphatic hydroxyl groups excluding tert-OH is 1. The molecule has 0 heterocycles. The molecule has 0 amide bonds. The Kier molecular flexibility index (Phi) is 15.3. The second kappa shape index (κ2) is 13.1. The Bertz CT molecular complexity index is 85.0. The van der Waals surface area contributed by atoms with Crippen LogP contribution in [0.5, 0.6) is 0 Å². The van der Waals surface area contributed by atoms with Crippen LogP contribution in [-0.2, 0) is 0 Å². The van der Waals surface area contributed by atoms with Gasteiger partial charge < -0.3 is 15.7 Å². The number of nitrogens with zero attached hydrogens (tertiary/aromatic N) is 1. The Morgan fingerprint density at radius 1 is 1.17 bits per heavy atom. The molecular formula is C9H22N2O. The van der Waals surface area contributed by atoms with Crippen LogP contribution in [0.2, 0.25) is 0 Å². The van der Waals surface area contributed by atoms with Crippen LogP contribution in [0.15, 0.2) is 12.3 Å². The minimum Gasteiger partial charge on any atom is -0.516 e. The molecule has 3 N–H and O–H groups in total. The van der Waals surface area contributed by atoms with E-state index in [2.05, 4.69) is 25.7 Å². The molecule has 0 atom stereocenters. The molecule has 0 saturated carbocycles. The van der Waals surface area contributed by atoms with Gasteiger partial charge in [0.2, 0.25) is 0 Å². The van der Waals surface area contributed by atoms with Crippen molar-refractivity contribution in [1.82, 2.24) is 4.90 Å². The van der Waals surface area contributed by atoms with Gasteiger partial charge in [0, 0.05) is 6.54 Å². The first-order valence-electron chi connectivity index (χ1n) is 4.48. The molecule has 0 aliphatic carbocycles. The predicted molar refractivity (Wildman–Crippen MR) is 54.3 cm³/mol. The molecule has 0 aromatic rings. The van der Waals surface area contributed by atoms with E-state index >= 15 is 0 Å². The normalized spacial score (nSPS) is 10.1. The van der Waals surface area contributed by atoms with Crippen LogP contribution in [-0.4, -0.2) is 36.2 Å². The van der Waals surface area contributed by atoms with Crippen molar-refractivity contribution in [1.29, 1.82) is 0 Å². The lowest BCUT2D eigenvalue weighted by Crippen LogP contribution is -2.21. The van der Waals surface area contributed by atoms with Gasteiger partial charge in [-0.1, -0.05) is 20.8 Å². The molecule has 0 rings (SSSR count). The maximum atomic E-state index is 7.81. The maximum Gasteiger partial charge on any atom is 0.0764 e. The lowest BCUT2D eigenvalue weighted by Gasteiger charge is -2.13. The van der Waals surface area contributed by atoms with Crippen LogP contribution < -0.4 is 5.73 Å². The maximum absolute atomic E-state index is 7.81. The molecule has 3 heteroatoms. The molecule has 0 aliphatic rings. The van der Waals surface area contributed by atoms with Crippen LogP contribution in [0.4, 0.5) is 0 Å². The van der Waals surface area contributed by atoms with Crippen LogP contribution in [0.3, 0.4) is 0 Å². The summed E-state index contributed by atoms with van der Waals surface area (Å²) in [4.78, 5) is 2.38. The highest BCUT2D eigenvalue weighted by Crippen LogP contribution is 1.81. The first kappa shape index (κ1) is 14.0. The van der Waals surface area contributed by atoms with Gasteiger partial charge in [0.1, 0.15) is 0 Å². The standard InChI is InChI=1S/C6H15N.C3H7NO/c1-4-7(5-2)6-3;4-2-1-3-5/h4-6H2,1-3H3;1,3,5H,2,4H2. The summed E-state index contributed by atoms with van der Waals surface area (Å²) in [5, 5.41) is 7.81. The number of nitrogens with two attached hydrogens (primary N) is 1. The summed E-state index contributed by atoms with van der Waals surface area (Å²) in [7, 11) is 0. The monoisotopic (exact) mass is 174 g/mol. The van der Waals surface area contributed by atoms with E-state index in [0.717, 1.165) is 6.26 Å². The topological polar surface area (TPSA) is 49.5 Å². The molecule has 12 heavy (non-hydrogen) atoms. The minimum atomic E-state index is 0.413. The van der Waals surface area contributed by atoms with Gasteiger partial charge in [-0.15, -0.1) is 0 Å². The summed E-state index contributed by atoms with van der Waals surface area (Å²) in [6.45, 7) is 10.5. The van der Waals surface area contributed by atoms with Crippen molar-refractivity contribution in [3.8, 4) is 0 Å². The molecule has 0 bridgehead atoms. The lowest BCUT2D eigenvalue weighted by molar-refractivity contribution is 0.321. The molecule has 0 saturated heterocycles. The van der Waals surface area contributed by atoms with E-state index in [0.29, 0.717) is 6.54 Å². The minimum absolute atomic E-state index is 0.413. The molecule has 0 aliphatic heterocycles. The Morgan fingerprint density at radius 2 is 1.58 bits per heavy atom. The molecule has 0 radical (unpaired) electrons. The quantitative estimate of drug-likeness (QED) is 0.633. The fraction of sp³-hybridized carbons (Fsp3) is 0.778. The van der Waals surface area contributed by atoms with Gasteiger partial charge in [-0.3, -0.25) is 0 Å². The highest BCUT2D eigenvalue weighted by Gasteiger charge is 1.89. The largest absolute Gasteiger partial charge is 0.516 e. The third-order valence-corrected chi connectivity index (χ3v) is 1.58. The van der Waals surface area contributed by atoms with E-state index < -0.39 is 0 Å². The molecule has 0 aromatic heterocycles. The van der Waals surface area contributed by atoms with Crippen LogP contribution in [0, 0.1) is 0 Å². The van der Waals surface area contributed by atoms with Crippen molar-refractivity contribution in [3.05, 3.63) is 12.3 Å². The average Bonchev–Trinajstić information content (AvgIpc) is 2.10. The fourth-order valence-corrected chi connectivity index (χ4v) is 0.732. The van der Waals surface area contributed by atoms with Crippen molar-refractivity contribution in [2.45, 2.75) is 20.8 Å². The van der Waals surface area contributed by atoms with Gasteiger partial charge in [-0.2, -0.15) is 0 Å². The molecule has 74 valence electrons. The fourth-order valence-electron chi connectivity index (χ4n) is 0.732. The summed E-state index contributed by atoms with van der Waals surface area (Å²) in [5.74, 6) is 0. The van der Waals surface area contributed by atoms with Crippen molar-refractivity contribution >= 4 is 0 Å². The first-order chi connectivity index (χ1) is 5.76. The number of hydrogen-bond donors (Lipinski definition) is 2. The van der Waals surface area contributed by atoms with Crippen molar-refractivity contribution < 1.29 is 5.11 Å². The summed E-state index contributed by atoms with van der Waals surface area (Å²) >= 11 is 0. The molecule has 0 unspecified atom stereocenters. The summed E-state index contributed by atoms with van der Waals surface area (Å²) < 4.78 is 0. The Balaban J connectivity index is 0. The van der Waals surface area contributed by atoms with Gasteiger partial charge in [-0.25, -0.2) is 0 Å². The smallest absolute Gasteiger partial charge is 0.0764 e. The number of aliphatic hydroxyl groups is 1. The van der Waals surface area contributed by atoms with Crippen LogP contribution in [0.25, 0.3) is 0 Å². The molecule has 0 fully saturated rings. The van der Waals surface area contributed by atoms with E-state index in [1.54, 1.807) is 0 Å². The highest BCUT2D eigenvalue weighted by molar-refractivity contribution is 4.70. The first-order valence-corrected chi connectivity index (χ1v) is 4.48. The Hall–Kier alpha value is -0.540. The Morgan fingerprint density at radius 3 is 1.58 bits per heavy atom. The van der Waals surface area contributed by atoms with Gasteiger partial charge in [0.15, 0.2) is 0 Å². The highest BCUT2D eigenvalue weighted by atomic mass is 16.2. The molecular weight excluding hydrogens is 152 g/mol. The van der Waals surface area contributed by atoms with Gasteiger partial charge in [0.25, 0.3) is 0 Å². The lowest BCUT2D eigenvalue weighted by atomic mass is 10.5. The van der Waals surface area contributed by atoms with E-state index in [1.807, 2.05) is 0 Å². The number of hydrogen-bond acceptors (Lipinski definition) is 3. The van der Waals surface area contributed by atoms with E-state index in [4.69, 9.17) is 10.8 Å². The second-order valence-electron chi connectivity index (χ2n) is 2.24. The predicted octanol–water partition coefficient (Wildman–Crippen LogP) is 1.36. The Labute approximate surface area is 75.9 Å². The molecule has 3 nitrogen and oxygen atoms in total. The second-order valence-corrected chi connectivity index (χ2v) is 2.24. The summed E-state index contributed by atoms with van der Waals surface area (Å²) in [6.07, 6.45) is 2.39. The van der Waals surface area contributed by atoms with E-state index in [9.17, 15) is 0 Å². The third kappa shape index (κ3) is 12.2. The van der Waals surface area contributed by atoms with Gasteiger partial charge in [-0.05, 0) is 25.7 Å². The van der Waals surface area contributed by atoms with Crippen LogP contribution in [0.1, 0.15) is 20.8 Å². The molecule has 0 aromatic carbocycles. The van der Waals surface area contributed by atoms with Crippen molar-refractivity contribution in [2.75, 3.05) is 26.2 Å². The zero-order chi connectivity index (χ0) is 9.82. The number of rotatable bonds is 4. The van der Waals surface area contributed by atoms with E-state index in [-0.39, 0.29) is 0 Å². The van der Waals surface area contributed by atoms with Crippen LogP contribution >= 0.6 is 0 Å². The zero-order valence-electron chi connectivity index (χ0n) is 8.45. The van der Waals surface area contributed by atoms with Gasteiger partial charge >= 0.3 is 0 Å². The van der Waals surface area contributed by atoms with Crippen molar-refractivity contribution in [2.24, 2.45) is 5.73 Å². The SMILES string of the molecule is CCN(CC)CC.NCC=CO. The van der Waals surface area contributed by atoms with Gasteiger partial charge in [0.05, 0.1) is 6.26 Å². The summed E-state index contributed by atoms with van der Waals surface area (Å²) in [5.41, 5.74) is 4.89. The van der Waals surface area contributed by atoms with Crippen molar-refractivity contribution in [3.63, 3.8) is 0 Å². The zero-order valence-corrected chi connectivity index (χ0v) is 8.45. The average molecular weight is 174 g/mol. The third-order valence-electron chi connectivity index (χ3n) is 1.58. The summed E-state index contributed by atoms with van der Waals surface area (Å²) in [6, 6.07) is 0.